The van der Waals surface area contributed by atoms with E-state index in [0.717, 1.165) is 6.42 Å². The molecule has 3 nitrogen and oxygen atoms in total. The Morgan fingerprint density at radius 3 is 2.33 bits per heavy atom. The van der Waals surface area contributed by atoms with Crippen LogP contribution in [0.25, 0.3) is 0 Å². The van der Waals surface area contributed by atoms with Gasteiger partial charge < -0.3 is 4.74 Å². The predicted octanol–water partition coefficient (Wildman–Crippen LogP) is 1.84. The highest BCUT2D eigenvalue weighted by atomic mass is 16.5. The second kappa shape index (κ2) is 5.85. The van der Waals surface area contributed by atoms with E-state index < -0.39 is 0 Å². The van der Waals surface area contributed by atoms with Gasteiger partial charge in [-0.3, -0.25) is 11.3 Å². The van der Waals surface area contributed by atoms with Crippen molar-refractivity contribution in [2.45, 2.75) is 26.3 Å². The number of methoxy groups -OCH3 is 1. The summed E-state index contributed by atoms with van der Waals surface area (Å²) >= 11 is 0. The standard InChI is InChI=1S/C12H20N2O/c1-9-6-10(2)8-11(7-9)12(14-13)4-5-15-3/h6-8,12,14H,4-5,13H2,1-3H3. The van der Waals surface area contributed by atoms with Gasteiger partial charge in [0.05, 0.1) is 0 Å². The Bertz CT molecular complexity index is 292. The van der Waals surface area contributed by atoms with E-state index in [4.69, 9.17) is 10.6 Å². The maximum Gasteiger partial charge on any atom is 0.0482 e. The van der Waals surface area contributed by atoms with Gasteiger partial charge in [0.2, 0.25) is 0 Å². The summed E-state index contributed by atoms with van der Waals surface area (Å²) in [6.45, 7) is 4.91. The van der Waals surface area contributed by atoms with Crippen LogP contribution < -0.4 is 11.3 Å². The Kier molecular flexibility index (Phi) is 4.75. The zero-order valence-electron chi connectivity index (χ0n) is 9.71. The lowest BCUT2D eigenvalue weighted by atomic mass is 10.00. The summed E-state index contributed by atoms with van der Waals surface area (Å²) in [5.74, 6) is 5.54. The molecule has 0 amide bonds. The Balaban J connectivity index is 2.81. The smallest absolute Gasteiger partial charge is 0.0482 e. The largest absolute Gasteiger partial charge is 0.385 e. The average Bonchev–Trinajstić information content (AvgIpc) is 2.17. The number of nitrogens with one attached hydrogen (secondary N) is 1. The van der Waals surface area contributed by atoms with E-state index in [1.807, 2.05) is 0 Å². The first-order valence-electron chi connectivity index (χ1n) is 5.20. The van der Waals surface area contributed by atoms with Crippen LogP contribution in [0.4, 0.5) is 0 Å². The van der Waals surface area contributed by atoms with Crippen LogP contribution in [0, 0.1) is 13.8 Å². The summed E-state index contributed by atoms with van der Waals surface area (Å²) in [4.78, 5) is 0. The molecular formula is C12H20N2O. The van der Waals surface area contributed by atoms with Crippen molar-refractivity contribution in [1.29, 1.82) is 0 Å². The fourth-order valence-electron chi connectivity index (χ4n) is 1.79. The number of hydrazine groups is 1. The van der Waals surface area contributed by atoms with Crippen molar-refractivity contribution in [3.05, 3.63) is 34.9 Å². The van der Waals surface area contributed by atoms with Gasteiger partial charge in [-0.05, 0) is 25.8 Å². The molecule has 1 atom stereocenters. The second-order valence-corrected chi connectivity index (χ2v) is 3.92. The first-order valence-corrected chi connectivity index (χ1v) is 5.20. The average molecular weight is 208 g/mol. The molecule has 1 aromatic rings. The molecule has 0 saturated heterocycles. The topological polar surface area (TPSA) is 47.3 Å². The molecule has 1 rings (SSSR count). The highest BCUT2D eigenvalue weighted by Gasteiger charge is 2.09. The summed E-state index contributed by atoms with van der Waals surface area (Å²) in [7, 11) is 1.70. The summed E-state index contributed by atoms with van der Waals surface area (Å²) in [5.41, 5.74) is 6.59. The number of nitrogens with two attached hydrogens (primary N) is 1. The van der Waals surface area contributed by atoms with Gasteiger partial charge in [-0.25, -0.2) is 0 Å². The third-order valence-corrected chi connectivity index (χ3v) is 2.46. The predicted molar refractivity (Wildman–Crippen MR) is 62.5 cm³/mol. The SMILES string of the molecule is COCCC(NN)c1cc(C)cc(C)c1. The molecule has 0 bridgehead atoms. The molecule has 0 radical (unpaired) electrons. The monoisotopic (exact) mass is 208 g/mol. The highest BCUT2D eigenvalue weighted by Crippen LogP contribution is 2.19. The van der Waals surface area contributed by atoms with Crippen LogP contribution in [0.2, 0.25) is 0 Å². The highest BCUT2D eigenvalue weighted by molar-refractivity contribution is 5.30. The third kappa shape index (κ3) is 3.63. The van der Waals surface area contributed by atoms with Gasteiger partial charge in [-0.1, -0.05) is 29.3 Å². The third-order valence-electron chi connectivity index (χ3n) is 2.46. The number of ether oxygens (including phenoxy) is 1. The van der Waals surface area contributed by atoms with E-state index in [0.29, 0.717) is 6.61 Å². The van der Waals surface area contributed by atoms with Crippen LogP contribution in [-0.4, -0.2) is 13.7 Å². The summed E-state index contributed by atoms with van der Waals surface area (Å²) in [5, 5.41) is 0. The number of hydrogen-bond acceptors (Lipinski definition) is 3. The molecule has 0 heterocycles. The van der Waals surface area contributed by atoms with Gasteiger partial charge in [-0.15, -0.1) is 0 Å². The van der Waals surface area contributed by atoms with Crippen molar-refractivity contribution >= 4 is 0 Å². The number of aryl methyl sites for hydroxylation is 2. The quantitative estimate of drug-likeness (QED) is 0.573. The Labute approximate surface area is 91.6 Å². The molecule has 15 heavy (non-hydrogen) atoms. The van der Waals surface area contributed by atoms with Crippen LogP contribution >= 0.6 is 0 Å². The molecule has 1 aromatic carbocycles. The van der Waals surface area contributed by atoms with E-state index in [2.05, 4.69) is 37.5 Å². The van der Waals surface area contributed by atoms with Crippen molar-refractivity contribution in [3.63, 3.8) is 0 Å². The molecule has 0 saturated carbocycles. The minimum absolute atomic E-state index is 0.170. The Morgan fingerprint density at radius 2 is 1.87 bits per heavy atom. The second-order valence-electron chi connectivity index (χ2n) is 3.92. The van der Waals surface area contributed by atoms with Gasteiger partial charge in [-0.2, -0.15) is 0 Å². The maximum absolute atomic E-state index is 5.54. The fraction of sp³-hybridized carbons (Fsp3) is 0.500. The molecule has 0 aliphatic rings. The molecule has 3 heteroatoms. The van der Waals surface area contributed by atoms with E-state index in [-0.39, 0.29) is 6.04 Å². The Morgan fingerprint density at radius 1 is 1.27 bits per heavy atom. The lowest BCUT2D eigenvalue weighted by Gasteiger charge is -2.17. The van der Waals surface area contributed by atoms with Crippen LogP contribution in [-0.2, 0) is 4.74 Å². The molecule has 84 valence electrons. The minimum atomic E-state index is 0.170. The van der Waals surface area contributed by atoms with E-state index in [1.54, 1.807) is 7.11 Å². The van der Waals surface area contributed by atoms with Crippen molar-refractivity contribution in [2.24, 2.45) is 5.84 Å². The van der Waals surface area contributed by atoms with Gasteiger partial charge >= 0.3 is 0 Å². The zero-order chi connectivity index (χ0) is 11.3. The number of benzene rings is 1. The maximum atomic E-state index is 5.54. The lowest BCUT2D eigenvalue weighted by Crippen LogP contribution is -2.29. The molecule has 0 spiro atoms. The van der Waals surface area contributed by atoms with Crippen molar-refractivity contribution in [1.82, 2.24) is 5.43 Å². The first kappa shape index (κ1) is 12.2. The van der Waals surface area contributed by atoms with Gasteiger partial charge in [0.1, 0.15) is 0 Å². The van der Waals surface area contributed by atoms with Crippen LogP contribution in [0.15, 0.2) is 18.2 Å². The Hall–Kier alpha value is -0.900. The number of hydrogen-bond donors (Lipinski definition) is 2. The van der Waals surface area contributed by atoms with E-state index >= 15 is 0 Å². The fourth-order valence-corrected chi connectivity index (χ4v) is 1.79. The molecule has 3 N–H and O–H groups in total. The van der Waals surface area contributed by atoms with Crippen molar-refractivity contribution < 1.29 is 4.74 Å². The molecular weight excluding hydrogens is 188 g/mol. The van der Waals surface area contributed by atoms with Crippen LogP contribution in [0.1, 0.15) is 29.2 Å². The summed E-state index contributed by atoms with van der Waals surface area (Å²) < 4.78 is 5.06. The van der Waals surface area contributed by atoms with Gasteiger partial charge in [0, 0.05) is 19.8 Å². The zero-order valence-corrected chi connectivity index (χ0v) is 9.71. The molecule has 1 unspecified atom stereocenters. The van der Waals surface area contributed by atoms with E-state index in [1.165, 1.54) is 16.7 Å². The number of rotatable bonds is 5. The van der Waals surface area contributed by atoms with Gasteiger partial charge in [0.25, 0.3) is 0 Å². The van der Waals surface area contributed by atoms with Crippen LogP contribution in [0.3, 0.4) is 0 Å². The molecule has 0 aliphatic carbocycles. The molecule has 0 aromatic heterocycles. The normalized spacial score (nSPS) is 12.8. The molecule has 0 aliphatic heterocycles. The van der Waals surface area contributed by atoms with Crippen molar-refractivity contribution in [2.75, 3.05) is 13.7 Å². The van der Waals surface area contributed by atoms with Gasteiger partial charge in [0.15, 0.2) is 0 Å². The first-order chi connectivity index (χ1) is 7.17. The van der Waals surface area contributed by atoms with E-state index in [9.17, 15) is 0 Å². The lowest BCUT2D eigenvalue weighted by molar-refractivity contribution is 0.183. The van der Waals surface area contributed by atoms with Crippen LogP contribution in [0.5, 0.6) is 0 Å². The minimum Gasteiger partial charge on any atom is -0.385 e. The van der Waals surface area contributed by atoms with Crippen molar-refractivity contribution in [3.8, 4) is 0 Å². The summed E-state index contributed by atoms with van der Waals surface area (Å²) in [6, 6.07) is 6.65. The molecule has 0 fully saturated rings. The summed E-state index contributed by atoms with van der Waals surface area (Å²) in [6.07, 6.45) is 0.885.